The van der Waals surface area contributed by atoms with Gasteiger partial charge < -0.3 is 15.8 Å². The lowest BCUT2D eigenvalue weighted by molar-refractivity contribution is -0.110. The van der Waals surface area contributed by atoms with Crippen molar-refractivity contribution in [2.75, 3.05) is 23.1 Å². The zero-order valence-corrected chi connectivity index (χ0v) is 15.8. The number of methoxy groups -OCH3 is 1. The highest BCUT2D eigenvalue weighted by Gasteiger charge is 2.33. The van der Waals surface area contributed by atoms with E-state index in [-0.39, 0.29) is 5.91 Å². The van der Waals surface area contributed by atoms with Crippen molar-refractivity contribution in [2.24, 2.45) is 0 Å². The van der Waals surface area contributed by atoms with Crippen LogP contribution >= 0.6 is 0 Å². The summed E-state index contributed by atoms with van der Waals surface area (Å²) in [5.41, 5.74) is 9.84. The van der Waals surface area contributed by atoms with E-state index in [4.69, 9.17) is 10.5 Å². The van der Waals surface area contributed by atoms with Crippen LogP contribution in [0.25, 0.3) is 11.3 Å². The summed E-state index contributed by atoms with van der Waals surface area (Å²) in [5.74, 6) is -0.311. The van der Waals surface area contributed by atoms with E-state index in [2.05, 4.69) is 5.32 Å². The van der Waals surface area contributed by atoms with Crippen molar-refractivity contribution in [1.82, 2.24) is 0 Å². The van der Waals surface area contributed by atoms with Gasteiger partial charge in [-0.15, -0.1) is 0 Å². The predicted molar refractivity (Wildman–Crippen MR) is 114 cm³/mol. The first-order valence-electron chi connectivity index (χ1n) is 9.04. The molecule has 1 aliphatic rings. The van der Waals surface area contributed by atoms with Gasteiger partial charge in [0.25, 0.3) is 5.91 Å². The number of nitrogens with zero attached hydrogens (tertiary/aromatic N) is 1. The summed E-state index contributed by atoms with van der Waals surface area (Å²) in [5, 5.41) is 2.86. The number of carbonyl (C=O) groups is 2. The van der Waals surface area contributed by atoms with Crippen molar-refractivity contribution < 1.29 is 14.3 Å². The predicted octanol–water partition coefficient (Wildman–Crippen LogP) is 4.36. The Morgan fingerprint density at radius 2 is 1.62 bits per heavy atom. The van der Waals surface area contributed by atoms with Crippen LogP contribution in [-0.4, -0.2) is 19.1 Å². The number of anilines is 3. The third-order valence-corrected chi connectivity index (χ3v) is 4.67. The van der Waals surface area contributed by atoms with Crippen molar-refractivity contribution in [3.63, 3.8) is 0 Å². The van der Waals surface area contributed by atoms with Crippen molar-refractivity contribution in [1.29, 1.82) is 0 Å². The summed E-state index contributed by atoms with van der Waals surface area (Å²) in [6.45, 7) is 0. The number of nitrogen functional groups attached to an aromatic ring is 1. The van der Waals surface area contributed by atoms with Gasteiger partial charge in [0.2, 0.25) is 0 Å². The summed E-state index contributed by atoms with van der Waals surface area (Å²) >= 11 is 0. The van der Waals surface area contributed by atoms with Crippen LogP contribution in [0, 0.1) is 0 Å². The molecular weight excluding hydrogens is 366 g/mol. The lowest BCUT2D eigenvalue weighted by Gasteiger charge is -2.26. The van der Waals surface area contributed by atoms with Crippen LogP contribution in [0.1, 0.15) is 11.1 Å². The van der Waals surface area contributed by atoms with Crippen LogP contribution in [-0.2, 0) is 9.53 Å². The molecule has 0 bridgehead atoms. The fraction of sp³-hybridized carbons (Fsp3) is 0.0435. The summed E-state index contributed by atoms with van der Waals surface area (Å²) in [7, 11) is 1.31. The monoisotopic (exact) mass is 385 g/mol. The molecule has 0 aliphatic carbocycles. The summed E-state index contributed by atoms with van der Waals surface area (Å²) < 4.78 is 5.07. The summed E-state index contributed by atoms with van der Waals surface area (Å²) in [6, 6.07) is 23.5. The summed E-state index contributed by atoms with van der Waals surface area (Å²) in [4.78, 5) is 27.3. The molecular formula is C23H19N3O3. The molecule has 144 valence electrons. The average Bonchev–Trinajstić information content (AvgIpc) is 3.07. The van der Waals surface area contributed by atoms with Gasteiger partial charge in [-0.25, -0.2) is 9.69 Å². The van der Waals surface area contributed by atoms with Crippen molar-refractivity contribution >= 4 is 40.3 Å². The van der Waals surface area contributed by atoms with E-state index < -0.39 is 6.09 Å². The van der Waals surface area contributed by atoms with Crippen LogP contribution < -0.4 is 16.0 Å². The number of hydrogen-bond donors (Lipinski definition) is 2. The zero-order chi connectivity index (χ0) is 20.4. The molecule has 4 rings (SSSR count). The molecule has 3 aromatic rings. The van der Waals surface area contributed by atoms with Crippen LogP contribution in [0.3, 0.4) is 0 Å². The number of carbonyl (C=O) groups excluding carboxylic acids is 2. The molecule has 0 fully saturated rings. The normalized spacial score (nSPS) is 14.0. The van der Waals surface area contributed by atoms with Crippen LogP contribution in [0.2, 0.25) is 0 Å². The molecule has 0 aromatic heterocycles. The lowest BCUT2D eigenvalue weighted by atomic mass is 9.98. The minimum Gasteiger partial charge on any atom is -0.452 e. The fourth-order valence-corrected chi connectivity index (χ4v) is 3.40. The number of ether oxygens (including phenoxy) is 1. The number of hydrogen-bond acceptors (Lipinski definition) is 4. The second kappa shape index (κ2) is 7.52. The number of amides is 2. The molecule has 0 saturated carbocycles. The number of benzene rings is 3. The Labute approximate surface area is 168 Å². The first-order valence-corrected chi connectivity index (χ1v) is 9.04. The van der Waals surface area contributed by atoms with Crippen LogP contribution in [0.4, 0.5) is 21.9 Å². The second-order valence-corrected chi connectivity index (χ2v) is 6.49. The highest BCUT2D eigenvalue weighted by atomic mass is 16.5. The molecule has 0 radical (unpaired) electrons. The van der Waals surface area contributed by atoms with Gasteiger partial charge in [0, 0.05) is 16.9 Å². The second-order valence-electron chi connectivity index (χ2n) is 6.49. The minimum atomic E-state index is -0.604. The molecule has 0 atom stereocenters. The minimum absolute atomic E-state index is 0.311. The van der Waals surface area contributed by atoms with Gasteiger partial charge in [0.15, 0.2) is 0 Å². The molecule has 29 heavy (non-hydrogen) atoms. The standard InChI is InChI=1S/C23H19N3O3/c1-29-23(28)26(17-10-6-3-7-11-17)21(15-8-4-2-5-9-15)20-18-14-16(24)12-13-19(18)25-22(20)27/h2-14H,24H2,1H3,(H,25,27). The molecule has 6 heteroatoms. The highest BCUT2D eigenvalue weighted by Crippen LogP contribution is 2.41. The van der Waals surface area contributed by atoms with Gasteiger partial charge in [-0.05, 0) is 35.9 Å². The number of nitrogens with two attached hydrogens (primary N) is 1. The zero-order valence-electron chi connectivity index (χ0n) is 15.8. The Hall–Kier alpha value is -4.06. The SMILES string of the molecule is COC(=O)N(C(=C1C(=O)Nc2ccc(N)cc21)c1ccccc1)c1ccccc1. The number of rotatable bonds is 3. The Bertz CT molecular complexity index is 1110. The Morgan fingerprint density at radius 1 is 0.966 bits per heavy atom. The van der Waals surface area contributed by atoms with Gasteiger partial charge in [-0.2, -0.15) is 0 Å². The van der Waals surface area contributed by atoms with Gasteiger partial charge in [-0.3, -0.25) is 4.79 Å². The van der Waals surface area contributed by atoms with E-state index in [9.17, 15) is 9.59 Å². The van der Waals surface area contributed by atoms with Crippen molar-refractivity contribution in [3.8, 4) is 0 Å². The molecule has 3 N–H and O–H groups in total. The quantitative estimate of drug-likeness (QED) is 0.518. The van der Waals surface area contributed by atoms with Gasteiger partial charge in [0.05, 0.1) is 24.1 Å². The van der Waals surface area contributed by atoms with Crippen LogP contribution in [0.15, 0.2) is 78.9 Å². The van der Waals surface area contributed by atoms with E-state index in [0.29, 0.717) is 39.5 Å². The molecule has 2 amide bonds. The maximum atomic E-state index is 13.0. The molecule has 1 aliphatic heterocycles. The first-order chi connectivity index (χ1) is 14.1. The third-order valence-electron chi connectivity index (χ3n) is 4.67. The number of nitrogens with one attached hydrogen (secondary N) is 1. The third kappa shape index (κ3) is 3.32. The highest BCUT2D eigenvalue weighted by molar-refractivity contribution is 6.39. The largest absolute Gasteiger partial charge is 0.452 e. The van der Waals surface area contributed by atoms with E-state index in [0.717, 1.165) is 0 Å². The number of para-hydroxylation sites is 1. The molecule has 6 nitrogen and oxygen atoms in total. The van der Waals surface area contributed by atoms with Gasteiger partial charge in [-0.1, -0.05) is 48.5 Å². The lowest BCUT2D eigenvalue weighted by Crippen LogP contribution is -2.31. The van der Waals surface area contributed by atoms with Crippen LogP contribution in [0.5, 0.6) is 0 Å². The van der Waals surface area contributed by atoms with E-state index in [1.54, 1.807) is 30.3 Å². The maximum absolute atomic E-state index is 13.0. The smallest absolute Gasteiger partial charge is 0.418 e. The maximum Gasteiger partial charge on any atom is 0.418 e. The van der Waals surface area contributed by atoms with E-state index in [1.165, 1.54) is 12.0 Å². The molecule has 0 saturated heterocycles. The first kappa shape index (κ1) is 18.3. The topological polar surface area (TPSA) is 84.7 Å². The molecule has 0 spiro atoms. The summed E-state index contributed by atoms with van der Waals surface area (Å²) in [6.07, 6.45) is -0.604. The Morgan fingerprint density at radius 3 is 2.28 bits per heavy atom. The Balaban J connectivity index is 2.06. The number of fused-ring (bicyclic) bond motifs is 1. The van der Waals surface area contributed by atoms with Gasteiger partial charge >= 0.3 is 6.09 Å². The van der Waals surface area contributed by atoms with Crippen molar-refractivity contribution in [2.45, 2.75) is 0 Å². The average molecular weight is 385 g/mol. The van der Waals surface area contributed by atoms with Crippen molar-refractivity contribution in [3.05, 3.63) is 90.0 Å². The molecule has 0 unspecified atom stereocenters. The molecule has 3 aromatic carbocycles. The Kier molecular flexibility index (Phi) is 4.75. The van der Waals surface area contributed by atoms with E-state index >= 15 is 0 Å². The fourth-order valence-electron chi connectivity index (χ4n) is 3.40. The van der Waals surface area contributed by atoms with Gasteiger partial charge in [0.1, 0.15) is 0 Å². The van der Waals surface area contributed by atoms with E-state index in [1.807, 2.05) is 48.5 Å². The molecule has 1 heterocycles.